The second-order valence-corrected chi connectivity index (χ2v) is 4.62. The summed E-state index contributed by atoms with van der Waals surface area (Å²) in [6, 6.07) is 0. The fraction of sp³-hybridized carbons (Fsp3) is 0.615. The standard InChI is InChI=1S/C13H18O8/c1-7(14)4-8(2)20-12(18)6-10(15)13(19)21-9(3)5-11(16)17/h8-9H,4-6H2,1-3H3,(H,16,17). The first-order valence-electron chi connectivity index (χ1n) is 6.26. The second kappa shape index (κ2) is 8.83. The summed E-state index contributed by atoms with van der Waals surface area (Å²) in [6.07, 6.45) is -2.92. The molecule has 0 rings (SSSR count). The minimum atomic E-state index is -1.29. The highest BCUT2D eigenvalue weighted by Crippen LogP contribution is 2.03. The highest BCUT2D eigenvalue weighted by Gasteiger charge is 2.24. The van der Waals surface area contributed by atoms with Crippen LogP contribution < -0.4 is 0 Å². The van der Waals surface area contributed by atoms with Crippen LogP contribution >= 0.6 is 0 Å². The van der Waals surface area contributed by atoms with Gasteiger partial charge in [0.2, 0.25) is 0 Å². The van der Waals surface area contributed by atoms with E-state index in [2.05, 4.69) is 4.74 Å². The van der Waals surface area contributed by atoms with E-state index in [1.807, 2.05) is 0 Å². The van der Waals surface area contributed by atoms with Gasteiger partial charge in [0.25, 0.3) is 5.78 Å². The molecule has 8 nitrogen and oxygen atoms in total. The van der Waals surface area contributed by atoms with Gasteiger partial charge in [-0.2, -0.15) is 0 Å². The Morgan fingerprint density at radius 3 is 1.95 bits per heavy atom. The summed E-state index contributed by atoms with van der Waals surface area (Å²) < 4.78 is 9.33. The number of aliphatic carboxylic acids is 1. The Balaban J connectivity index is 4.22. The monoisotopic (exact) mass is 302 g/mol. The molecule has 0 spiro atoms. The number of carboxylic acids is 1. The maximum Gasteiger partial charge on any atom is 0.375 e. The van der Waals surface area contributed by atoms with Crippen molar-refractivity contribution in [3.63, 3.8) is 0 Å². The lowest BCUT2D eigenvalue weighted by atomic mass is 10.2. The van der Waals surface area contributed by atoms with Crippen LogP contribution in [0.2, 0.25) is 0 Å². The van der Waals surface area contributed by atoms with E-state index in [1.54, 1.807) is 0 Å². The zero-order chi connectivity index (χ0) is 16.6. The van der Waals surface area contributed by atoms with Crippen molar-refractivity contribution in [3.8, 4) is 0 Å². The van der Waals surface area contributed by atoms with Crippen LogP contribution in [0.4, 0.5) is 0 Å². The first-order chi connectivity index (χ1) is 9.61. The summed E-state index contributed by atoms with van der Waals surface area (Å²) in [5.74, 6) is -4.73. The fourth-order valence-corrected chi connectivity index (χ4v) is 1.45. The van der Waals surface area contributed by atoms with E-state index in [-0.39, 0.29) is 12.2 Å². The average molecular weight is 302 g/mol. The Hall–Kier alpha value is -2.25. The van der Waals surface area contributed by atoms with Gasteiger partial charge in [0.15, 0.2) is 0 Å². The molecule has 0 aromatic heterocycles. The number of carboxylic acid groups (broad SMARTS) is 1. The summed E-state index contributed by atoms with van der Waals surface area (Å²) in [5.41, 5.74) is 0. The summed E-state index contributed by atoms with van der Waals surface area (Å²) >= 11 is 0. The van der Waals surface area contributed by atoms with Gasteiger partial charge in [-0.25, -0.2) is 4.79 Å². The van der Waals surface area contributed by atoms with Gasteiger partial charge in [-0.05, 0) is 20.8 Å². The van der Waals surface area contributed by atoms with Crippen LogP contribution in [-0.4, -0.2) is 46.8 Å². The molecular formula is C13H18O8. The summed E-state index contributed by atoms with van der Waals surface area (Å²) in [7, 11) is 0. The molecule has 0 saturated heterocycles. The van der Waals surface area contributed by atoms with Crippen LogP contribution in [0.5, 0.6) is 0 Å². The summed E-state index contributed by atoms with van der Waals surface area (Å²) in [4.78, 5) is 55.2. The second-order valence-electron chi connectivity index (χ2n) is 4.62. The number of rotatable bonds is 9. The van der Waals surface area contributed by atoms with Gasteiger partial charge in [0.05, 0.1) is 6.42 Å². The highest BCUT2D eigenvalue weighted by atomic mass is 16.6. The van der Waals surface area contributed by atoms with E-state index < -0.39 is 48.7 Å². The number of hydrogen-bond acceptors (Lipinski definition) is 7. The van der Waals surface area contributed by atoms with Crippen molar-refractivity contribution in [3.05, 3.63) is 0 Å². The molecule has 2 unspecified atom stereocenters. The largest absolute Gasteiger partial charge is 0.481 e. The van der Waals surface area contributed by atoms with Crippen molar-refractivity contribution in [2.45, 2.75) is 52.2 Å². The lowest BCUT2D eigenvalue weighted by Crippen LogP contribution is -2.27. The summed E-state index contributed by atoms with van der Waals surface area (Å²) in [5, 5.41) is 8.47. The van der Waals surface area contributed by atoms with Gasteiger partial charge in [-0.3, -0.25) is 19.2 Å². The highest BCUT2D eigenvalue weighted by molar-refractivity contribution is 6.36. The fourth-order valence-electron chi connectivity index (χ4n) is 1.45. The first-order valence-corrected chi connectivity index (χ1v) is 6.26. The van der Waals surface area contributed by atoms with E-state index in [4.69, 9.17) is 9.84 Å². The normalized spacial score (nSPS) is 12.9. The SMILES string of the molecule is CC(=O)CC(C)OC(=O)CC(=O)C(=O)OC(C)CC(=O)O. The van der Waals surface area contributed by atoms with Crippen molar-refractivity contribution in [1.82, 2.24) is 0 Å². The van der Waals surface area contributed by atoms with Crippen LogP contribution in [-0.2, 0) is 33.4 Å². The molecule has 1 N–H and O–H groups in total. The Morgan fingerprint density at radius 1 is 0.952 bits per heavy atom. The Labute approximate surface area is 121 Å². The smallest absolute Gasteiger partial charge is 0.375 e. The molecule has 0 aromatic rings. The predicted octanol–water partition coefficient (Wildman–Crippen LogP) is 0.263. The molecule has 0 fully saturated rings. The minimum Gasteiger partial charge on any atom is -0.481 e. The first kappa shape index (κ1) is 18.8. The number of carbonyl (C=O) groups excluding carboxylic acids is 4. The van der Waals surface area contributed by atoms with E-state index in [1.165, 1.54) is 20.8 Å². The molecular weight excluding hydrogens is 284 g/mol. The maximum atomic E-state index is 11.4. The van der Waals surface area contributed by atoms with E-state index in [0.717, 1.165) is 0 Å². The maximum absolute atomic E-state index is 11.4. The van der Waals surface area contributed by atoms with Gasteiger partial charge < -0.3 is 14.6 Å². The van der Waals surface area contributed by atoms with Crippen LogP contribution in [0.15, 0.2) is 0 Å². The lowest BCUT2D eigenvalue weighted by Gasteiger charge is -2.12. The number of esters is 2. The molecule has 0 aliphatic heterocycles. The van der Waals surface area contributed by atoms with E-state index in [0.29, 0.717) is 0 Å². The molecule has 0 aliphatic carbocycles. The zero-order valence-electron chi connectivity index (χ0n) is 12.1. The molecule has 0 bridgehead atoms. The van der Waals surface area contributed by atoms with E-state index in [9.17, 15) is 24.0 Å². The van der Waals surface area contributed by atoms with Gasteiger partial charge in [0.1, 0.15) is 24.4 Å². The summed E-state index contributed by atoms with van der Waals surface area (Å²) in [6.45, 7) is 4.13. The molecule has 0 radical (unpaired) electrons. The molecule has 8 heteroatoms. The zero-order valence-corrected chi connectivity index (χ0v) is 12.1. The van der Waals surface area contributed by atoms with Crippen molar-refractivity contribution >= 4 is 29.5 Å². The van der Waals surface area contributed by atoms with Crippen molar-refractivity contribution < 1.29 is 38.6 Å². The quantitative estimate of drug-likeness (QED) is 0.365. The van der Waals surface area contributed by atoms with Gasteiger partial charge >= 0.3 is 17.9 Å². The van der Waals surface area contributed by atoms with Crippen LogP contribution in [0.25, 0.3) is 0 Å². The Bertz CT molecular complexity index is 439. The van der Waals surface area contributed by atoms with Gasteiger partial charge in [-0.15, -0.1) is 0 Å². The van der Waals surface area contributed by atoms with Crippen molar-refractivity contribution in [2.75, 3.05) is 0 Å². The topological polar surface area (TPSA) is 124 Å². The lowest BCUT2D eigenvalue weighted by molar-refractivity contribution is -0.163. The molecule has 0 amide bonds. The molecule has 0 saturated carbocycles. The third-order valence-corrected chi connectivity index (χ3v) is 2.21. The molecule has 0 aliphatic rings. The third kappa shape index (κ3) is 9.31. The number of hydrogen-bond donors (Lipinski definition) is 1. The van der Waals surface area contributed by atoms with E-state index >= 15 is 0 Å². The Morgan fingerprint density at radius 2 is 1.48 bits per heavy atom. The van der Waals surface area contributed by atoms with Gasteiger partial charge in [0, 0.05) is 6.42 Å². The molecule has 0 aromatic carbocycles. The molecule has 118 valence electrons. The number of ether oxygens (including phenoxy) is 2. The van der Waals surface area contributed by atoms with Crippen LogP contribution in [0.1, 0.15) is 40.0 Å². The van der Waals surface area contributed by atoms with Crippen LogP contribution in [0.3, 0.4) is 0 Å². The number of ketones is 2. The number of carbonyl (C=O) groups is 5. The Kier molecular flexibility index (Phi) is 7.88. The molecule has 21 heavy (non-hydrogen) atoms. The third-order valence-electron chi connectivity index (χ3n) is 2.21. The predicted molar refractivity (Wildman–Crippen MR) is 68.3 cm³/mol. The van der Waals surface area contributed by atoms with Crippen molar-refractivity contribution in [2.24, 2.45) is 0 Å². The minimum absolute atomic E-state index is 0.0139. The van der Waals surface area contributed by atoms with Gasteiger partial charge in [-0.1, -0.05) is 0 Å². The number of Topliss-reactive ketones (excluding diaryl/α,β-unsaturated/α-hetero) is 2. The van der Waals surface area contributed by atoms with Crippen molar-refractivity contribution in [1.29, 1.82) is 0 Å². The molecule has 0 heterocycles. The average Bonchev–Trinajstić information content (AvgIpc) is 2.25. The molecule has 2 atom stereocenters. The van der Waals surface area contributed by atoms with Crippen LogP contribution in [0, 0.1) is 0 Å².